The Balaban J connectivity index is 1.54. The molecule has 0 saturated heterocycles. The predicted octanol–water partition coefficient (Wildman–Crippen LogP) is 4.29. The molecule has 3 aromatic rings. The number of ether oxygens (including phenoxy) is 4. The van der Waals surface area contributed by atoms with Crippen LogP contribution in [0.5, 0.6) is 17.4 Å². The first-order valence-corrected chi connectivity index (χ1v) is 10.5. The average Bonchev–Trinajstić information content (AvgIpc) is 3.18. The van der Waals surface area contributed by atoms with E-state index in [1.165, 1.54) is 14.2 Å². The Bertz CT molecular complexity index is 1360. The molecule has 34 heavy (non-hydrogen) atoms. The fourth-order valence-corrected chi connectivity index (χ4v) is 4.13. The number of allylic oxidation sites excluding steroid dienone is 1. The number of esters is 2. The van der Waals surface area contributed by atoms with Crippen molar-refractivity contribution >= 4 is 23.8 Å². The average molecular weight is 457 g/mol. The third-order valence-corrected chi connectivity index (χ3v) is 5.80. The van der Waals surface area contributed by atoms with Crippen molar-refractivity contribution < 1.29 is 33.3 Å². The zero-order valence-corrected chi connectivity index (χ0v) is 18.4. The number of fused-ring (bicyclic) bond motifs is 4. The monoisotopic (exact) mass is 457 g/mol. The van der Waals surface area contributed by atoms with Gasteiger partial charge >= 0.3 is 11.9 Å². The summed E-state index contributed by atoms with van der Waals surface area (Å²) in [7, 11) is 2.64. The molecule has 8 nitrogen and oxygen atoms in total. The van der Waals surface area contributed by atoms with Gasteiger partial charge in [-0.2, -0.15) is 0 Å². The normalized spacial score (nSPS) is 16.6. The van der Waals surface area contributed by atoms with E-state index in [2.05, 4.69) is 4.98 Å². The summed E-state index contributed by atoms with van der Waals surface area (Å²) >= 11 is 0. The van der Waals surface area contributed by atoms with E-state index < -0.39 is 17.9 Å². The number of hydrogen-bond donors (Lipinski definition) is 0. The molecule has 2 aromatic carbocycles. The van der Waals surface area contributed by atoms with Crippen LogP contribution in [-0.4, -0.2) is 36.9 Å². The van der Waals surface area contributed by atoms with Gasteiger partial charge in [0.2, 0.25) is 11.7 Å². The summed E-state index contributed by atoms with van der Waals surface area (Å²) in [5.74, 6) is -0.254. The number of carbonyl (C=O) groups excluding carboxylic acids is 3. The Hall–Kier alpha value is -4.46. The van der Waals surface area contributed by atoms with Gasteiger partial charge in [-0.25, -0.2) is 9.78 Å². The SMILES string of the molecule is COC(=O)C[C@@H]1c2cccnc2Oc2ccc3c(c21)O/C(=C\c1ccc(C(=O)OC)cc1)C3=O. The van der Waals surface area contributed by atoms with Crippen LogP contribution in [0.4, 0.5) is 0 Å². The largest absolute Gasteiger partial charge is 0.469 e. The van der Waals surface area contributed by atoms with Crippen molar-refractivity contribution in [3.05, 3.63) is 88.3 Å². The number of carbonyl (C=O) groups is 3. The Labute approximate surface area is 194 Å². The molecule has 2 aliphatic heterocycles. The number of benzene rings is 2. The fraction of sp³-hybridized carbons (Fsp3) is 0.154. The Morgan fingerprint density at radius 1 is 1.03 bits per heavy atom. The molecule has 0 amide bonds. The molecule has 170 valence electrons. The van der Waals surface area contributed by atoms with Gasteiger partial charge in [-0.1, -0.05) is 18.2 Å². The number of aromatic nitrogens is 1. The highest BCUT2D eigenvalue weighted by Crippen LogP contribution is 2.52. The molecule has 0 unspecified atom stereocenters. The number of rotatable bonds is 4. The van der Waals surface area contributed by atoms with E-state index in [-0.39, 0.29) is 18.0 Å². The van der Waals surface area contributed by atoms with Crippen molar-refractivity contribution in [3.63, 3.8) is 0 Å². The summed E-state index contributed by atoms with van der Waals surface area (Å²) in [6.45, 7) is 0. The molecule has 0 N–H and O–H groups in total. The maximum Gasteiger partial charge on any atom is 0.337 e. The molecule has 1 atom stereocenters. The number of nitrogens with zero attached hydrogens (tertiary/aromatic N) is 1. The summed E-state index contributed by atoms with van der Waals surface area (Å²) in [5.41, 5.74) is 2.76. The highest BCUT2D eigenvalue weighted by atomic mass is 16.5. The van der Waals surface area contributed by atoms with Crippen LogP contribution in [0, 0.1) is 0 Å². The maximum atomic E-state index is 13.1. The van der Waals surface area contributed by atoms with E-state index in [4.69, 9.17) is 18.9 Å². The molecule has 1 aromatic heterocycles. The smallest absolute Gasteiger partial charge is 0.337 e. The van der Waals surface area contributed by atoms with Crippen molar-refractivity contribution in [1.29, 1.82) is 0 Å². The molecule has 0 bridgehead atoms. The first-order chi connectivity index (χ1) is 16.5. The van der Waals surface area contributed by atoms with Gasteiger partial charge in [0.05, 0.1) is 31.8 Å². The number of methoxy groups -OCH3 is 2. The van der Waals surface area contributed by atoms with Crippen LogP contribution in [0.25, 0.3) is 6.08 Å². The predicted molar refractivity (Wildman–Crippen MR) is 120 cm³/mol. The van der Waals surface area contributed by atoms with Crippen LogP contribution in [0.3, 0.4) is 0 Å². The van der Waals surface area contributed by atoms with Gasteiger partial charge in [-0.15, -0.1) is 0 Å². The molecular formula is C26H19NO7. The summed E-state index contributed by atoms with van der Waals surface area (Å²) in [4.78, 5) is 41.3. The maximum absolute atomic E-state index is 13.1. The molecule has 5 rings (SSSR count). The highest BCUT2D eigenvalue weighted by molar-refractivity contribution is 6.15. The minimum atomic E-state index is -0.457. The second-order valence-corrected chi connectivity index (χ2v) is 7.74. The first kappa shape index (κ1) is 21.4. The van der Waals surface area contributed by atoms with Crippen LogP contribution in [0.1, 0.15) is 49.7 Å². The molecule has 0 spiro atoms. The first-order valence-electron chi connectivity index (χ1n) is 10.5. The molecule has 0 radical (unpaired) electrons. The lowest BCUT2D eigenvalue weighted by Crippen LogP contribution is -2.16. The van der Waals surface area contributed by atoms with Gasteiger partial charge in [0.25, 0.3) is 0 Å². The van der Waals surface area contributed by atoms with Crippen molar-refractivity contribution in [2.24, 2.45) is 0 Å². The minimum Gasteiger partial charge on any atom is -0.469 e. The van der Waals surface area contributed by atoms with E-state index >= 15 is 0 Å². The molecule has 8 heteroatoms. The number of hydrogen-bond acceptors (Lipinski definition) is 8. The number of Topliss-reactive ketones (excluding diaryl/α,β-unsaturated/α-hetero) is 1. The lowest BCUT2D eigenvalue weighted by Gasteiger charge is -2.27. The van der Waals surface area contributed by atoms with Crippen molar-refractivity contribution in [1.82, 2.24) is 4.98 Å². The number of ketones is 1. The fourth-order valence-electron chi connectivity index (χ4n) is 4.13. The van der Waals surface area contributed by atoms with Gasteiger partial charge < -0.3 is 18.9 Å². The van der Waals surface area contributed by atoms with E-state index in [9.17, 15) is 14.4 Å². The summed E-state index contributed by atoms with van der Waals surface area (Å²) in [5, 5.41) is 0. The Morgan fingerprint density at radius 3 is 2.56 bits per heavy atom. The molecule has 0 aliphatic carbocycles. The second kappa shape index (κ2) is 8.47. The van der Waals surface area contributed by atoms with Crippen LogP contribution < -0.4 is 9.47 Å². The molecule has 3 heterocycles. The van der Waals surface area contributed by atoms with Crippen LogP contribution in [-0.2, 0) is 14.3 Å². The third kappa shape index (κ3) is 3.59. The lowest BCUT2D eigenvalue weighted by atomic mass is 9.85. The summed E-state index contributed by atoms with van der Waals surface area (Å²) in [6, 6.07) is 13.5. The molecule has 0 saturated carbocycles. The van der Waals surface area contributed by atoms with Crippen LogP contribution in [0.2, 0.25) is 0 Å². The quantitative estimate of drug-likeness (QED) is 0.423. The third-order valence-electron chi connectivity index (χ3n) is 5.80. The van der Waals surface area contributed by atoms with Gasteiger partial charge in [-0.05, 0) is 42.0 Å². The van der Waals surface area contributed by atoms with Crippen molar-refractivity contribution in [2.75, 3.05) is 14.2 Å². The van der Waals surface area contributed by atoms with E-state index in [1.807, 2.05) is 6.07 Å². The summed E-state index contributed by atoms with van der Waals surface area (Å²) < 4.78 is 21.6. The van der Waals surface area contributed by atoms with Crippen molar-refractivity contribution in [2.45, 2.75) is 12.3 Å². The van der Waals surface area contributed by atoms with Crippen LogP contribution >= 0.6 is 0 Å². The lowest BCUT2D eigenvalue weighted by molar-refractivity contribution is -0.140. The summed E-state index contributed by atoms with van der Waals surface area (Å²) in [6.07, 6.45) is 3.25. The topological polar surface area (TPSA) is 101 Å². The second-order valence-electron chi connectivity index (χ2n) is 7.74. The van der Waals surface area contributed by atoms with Crippen LogP contribution in [0.15, 0.2) is 60.5 Å². The van der Waals surface area contributed by atoms with Crippen molar-refractivity contribution in [3.8, 4) is 17.4 Å². The molecule has 0 fully saturated rings. The Morgan fingerprint density at radius 2 is 1.82 bits per heavy atom. The van der Waals surface area contributed by atoms with Gasteiger partial charge in [0.1, 0.15) is 11.5 Å². The van der Waals surface area contributed by atoms with Gasteiger partial charge in [0, 0.05) is 23.2 Å². The van der Waals surface area contributed by atoms with E-state index in [0.29, 0.717) is 45.2 Å². The molecule has 2 aliphatic rings. The minimum absolute atomic E-state index is 0.0353. The van der Waals surface area contributed by atoms with E-state index in [0.717, 1.165) is 0 Å². The standard InChI is InChI=1S/C26H19NO7/c1-31-21(28)13-18-16-4-3-11-27-25(16)34-19-10-9-17-23(29)20(33-24(17)22(18)19)12-14-5-7-15(8-6-14)26(30)32-2/h3-12,18H,13H2,1-2H3/b20-12-/t18-/m1/s1. The van der Waals surface area contributed by atoms with E-state index in [1.54, 1.807) is 54.7 Å². The Kier molecular flexibility index (Phi) is 5.33. The van der Waals surface area contributed by atoms with Gasteiger partial charge in [0.15, 0.2) is 5.76 Å². The zero-order chi connectivity index (χ0) is 23.8. The molecular weight excluding hydrogens is 438 g/mol. The number of pyridine rings is 1. The zero-order valence-electron chi connectivity index (χ0n) is 18.4. The highest BCUT2D eigenvalue weighted by Gasteiger charge is 2.39. The van der Waals surface area contributed by atoms with Gasteiger partial charge in [-0.3, -0.25) is 9.59 Å².